The molecule has 0 bridgehead atoms. The highest BCUT2D eigenvalue weighted by atomic mass is 16.2. The van der Waals surface area contributed by atoms with Gasteiger partial charge in [0.15, 0.2) is 0 Å². The highest BCUT2D eigenvalue weighted by Gasteiger charge is 2.27. The van der Waals surface area contributed by atoms with Crippen LogP contribution in [-0.4, -0.2) is 34.1 Å². The predicted octanol–water partition coefficient (Wildman–Crippen LogP) is 1.64. The summed E-state index contributed by atoms with van der Waals surface area (Å²) in [6, 6.07) is 0.328. The van der Waals surface area contributed by atoms with E-state index in [4.69, 9.17) is 5.73 Å². The van der Waals surface area contributed by atoms with Crippen molar-refractivity contribution in [3.63, 3.8) is 0 Å². The molecule has 5 nitrogen and oxygen atoms in total. The number of H-pyrrole nitrogens is 1. The fraction of sp³-hybridized carbons (Fsp3) is 0.667. The molecule has 0 spiro atoms. The van der Waals surface area contributed by atoms with Crippen molar-refractivity contribution in [3.05, 3.63) is 11.9 Å². The number of hydrogen-bond donors (Lipinski definition) is 2. The molecule has 0 radical (unpaired) electrons. The van der Waals surface area contributed by atoms with Crippen LogP contribution in [0.1, 0.15) is 43.1 Å². The lowest BCUT2D eigenvalue weighted by molar-refractivity contribution is 0.0667. The Morgan fingerprint density at radius 3 is 2.94 bits per heavy atom. The van der Waals surface area contributed by atoms with Crippen LogP contribution in [0.3, 0.4) is 0 Å². The second-order valence-electron chi connectivity index (χ2n) is 5.04. The largest absolute Gasteiger partial charge is 0.396 e. The number of carbonyl (C=O) groups excluding carboxylic acids is 1. The molecule has 1 aromatic rings. The second-order valence-corrected chi connectivity index (χ2v) is 5.04. The number of amides is 1. The van der Waals surface area contributed by atoms with E-state index < -0.39 is 0 Å². The summed E-state index contributed by atoms with van der Waals surface area (Å²) in [7, 11) is 1.85. The Morgan fingerprint density at radius 1 is 1.59 bits per heavy atom. The molecule has 0 saturated heterocycles. The van der Waals surface area contributed by atoms with Gasteiger partial charge in [0.05, 0.1) is 11.9 Å². The fourth-order valence-electron chi connectivity index (χ4n) is 2.56. The van der Waals surface area contributed by atoms with Crippen molar-refractivity contribution in [2.75, 3.05) is 12.8 Å². The smallest absolute Gasteiger partial charge is 0.274 e. The van der Waals surface area contributed by atoms with Gasteiger partial charge in [-0.05, 0) is 18.8 Å². The van der Waals surface area contributed by atoms with E-state index in [-0.39, 0.29) is 5.91 Å². The highest BCUT2D eigenvalue weighted by molar-refractivity contribution is 5.97. The molecule has 17 heavy (non-hydrogen) atoms. The van der Waals surface area contributed by atoms with Crippen molar-refractivity contribution in [3.8, 4) is 0 Å². The SMILES string of the molecule is CC1CCCC(N(C)C(=O)c2[nH]ncc2N)C1. The number of anilines is 1. The Balaban J connectivity index is 2.07. The Bertz CT molecular complexity index is 401. The van der Waals surface area contributed by atoms with Gasteiger partial charge in [0.25, 0.3) is 5.91 Å². The summed E-state index contributed by atoms with van der Waals surface area (Å²) in [5.74, 6) is 0.641. The van der Waals surface area contributed by atoms with Crippen LogP contribution >= 0.6 is 0 Å². The number of hydrogen-bond acceptors (Lipinski definition) is 3. The lowest BCUT2D eigenvalue weighted by atomic mass is 9.86. The first-order valence-corrected chi connectivity index (χ1v) is 6.15. The zero-order valence-electron chi connectivity index (χ0n) is 10.4. The molecule has 1 amide bonds. The minimum Gasteiger partial charge on any atom is -0.396 e. The van der Waals surface area contributed by atoms with Crippen LogP contribution in [-0.2, 0) is 0 Å². The molecule has 5 heteroatoms. The monoisotopic (exact) mass is 236 g/mol. The van der Waals surface area contributed by atoms with Crippen molar-refractivity contribution in [2.45, 2.75) is 38.6 Å². The number of nitrogen functional groups attached to an aromatic ring is 1. The van der Waals surface area contributed by atoms with E-state index in [0.29, 0.717) is 23.3 Å². The average Bonchev–Trinajstić information content (AvgIpc) is 2.73. The van der Waals surface area contributed by atoms with Crippen LogP contribution in [0.2, 0.25) is 0 Å². The molecule has 2 atom stereocenters. The van der Waals surface area contributed by atoms with Crippen molar-refractivity contribution >= 4 is 11.6 Å². The fourth-order valence-corrected chi connectivity index (χ4v) is 2.56. The van der Waals surface area contributed by atoms with Gasteiger partial charge >= 0.3 is 0 Å². The summed E-state index contributed by atoms with van der Waals surface area (Å²) in [5, 5.41) is 6.46. The Labute approximate surface area is 101 Å². The van der Waals surface area contributed by atoms with Crippen LogP contribution in [0.25, 0.3) is 0 Å². The molecular weight excluding hydrogens is 216 g/mol. The number of aromatic nitrogens is 2. The number of nitrogens with two attached hydrogens (primary N) is 1. The third-order valence-corrected chi connectivity index (χ3v) is 3.66. The second kappa shape index (κ2) is 4.77. The standard InChI is InChI=1S/C12H20N4O/c1-8-4-3-5-9(6-8)16(2)12(17)11-10(13)7-14-15-11/h7-9H,3-6,13H2,1-2H3,(H,14,15). The summed E-state index contributed by atoms with van der Waals surface area (Å²) in [6.07, 6.45) is 6.11. The summed E-state index contributed by atoms with van der Waals surface area (Å²) in [4.78, 5) is 14.0. The normalized spacial score (nSPS) is 24.6. The van der Waals surface area contributed by atoms with Crippen molar-refractivity contribution in [1.29, 1.82) is 0 Å². The Kier molecular flexibility index (Phi) is 3.36. The van der Waals surface area contributed by atoms with Crippen LogP contribution in [0.5, 0.6) is 0 Å². The van der Waals surface area contributed by atoms with Gasteiger partial charge in [-0.3, -0.25) is 9.89 Å². The van der Waals surface area contributed by atoms with Crippen LogP contribution < -0.4 is 5.73 Å². The molecule has 1 saturated carbocycles. The van der Waals surface area contributed by atoms with Gasteiger partial charge in [0.2, 0.25) is 0 Å². The first-order valence-electron chi connectivity index (χ1n) is 6.15. The third-order valence-electron chi connectivity index (χ3n) is 3.66. The van der Waals surface area contributed by atoms with E-state index in [2.05, 4.69) is 17.1 Å². The number of nitrogens with zero attached hydrogens (tertiary/aromatic N) is 2. The van der Waals surface area contributed by atoms with E-state index in [1.165, 1.54) is 19.0 Å². The first-order chi connectivity index (χ1) is 8.09. The number of carbonyl (C=O) groups is 1. The summed E-state index contributed by atoms with van der Waals surface area (Å²) >= 11 is 0. The molecule has 94 valence electrons. The number of aromatic amines is 1. The number of rotatable bonds is 2. The van der Waals surface area contributed by atoms with E-state index in [0.717, 1.165) is 12.8 Å². The van der Waals surface area contributed by atoms with Gasteiger partial charge in [-0.2, -0.15) is 5.10 Å². The van der Waals surface area contributed by atoms with Gasteiger partial charge in [0, 0.05) is 13.1 Å². The molecule has 2 unspecified atom stereocenters. The highest BCUT2D eigenvalue weighted by Crippen LogP contribution is 2.27. The molecule has 3 N–H and O–H groups in total. The first kappa shape index (κ1) is 12.0. The van der Waals surface area contributed by atoms with E-state index in [1.54, 1.807) is 4.90 Å². The molecule has 2 rings (SSSR count). The average molecular weight is 236 g/mol. The van der Waals surface area contributed by atoms with Crippen LogP contribution in [0, 0.1) is 5.92 Å². The molecule has 1 aliphatic rings. The maximum absolute atomic E-state index is 12.2. The zero-order valence-corrected chi connectivity index (χ0v) is 10.4. The Hall–Kier alpha value is -1.52. The van der Waals surface area contributed by atoms with Crippen LogP contribution in [0.4, 0.5) is 5.69 Å². The van der Waals surface area contributed by atoms with Gasteiger partial charge in [0.1, 0.15) is 5.69 Å². The molecular formula is C12H20N4O. The lowest BCUT2D eigenvalue weighted by Crippen LogP contribution is -2.40. The lowest BCUT2D eigenvalue weighted by Gasteiger charge is -2.33. The zero-order chi connectivity index (χ0) is 12.4. The summed E-state index contributed by atoms with van der Waals surface area (Å²) in [5.41, 5.74) is 6.52. The summed E-state index contributed by atoms with van der Waals surface area (Å²) < 4.78 is 0. The van der Waals surface area contributed by atoms with Gasteiger partial charge in [-0.1, -0.05) is 19.8 Å². The van der Waals surface area contributed by atoms with Crippen molar-refractivity contribution in [2.24, 2.45) is 5.92 Å². The summed E-state index contributed by atoms with van der Waals surface area (Å²) in [6.45, 7) is 2.25. The topological polar surface area (TPSA) is 75.0 Å². The molecule has 0 aliphatic heterocycles. The maximum Gasteiger partial charge on any atom is 0.274 e. The third kappa shape index (κ3) is 2.43. The molecule has 1 aromatic heterocycles. The van der Waals surface area contributed by atoms with Gasteiger partial charge in [-0.25, -0.2) is 0 Å². The molecule has 1 heterocycles. The maximum atomic E-state index is 12.2. The van der Waals surface area contributed by atoms with E-state index in [9.17, 15) is 4.79 Å². The number of nitrogens with one attached hydrogen (secondary N) is 1. The van der Waals surface area contributed by atoms with Crippen molar-refractivity contribution < 1.29 is 4.79 Å². The molecule has 1 fully saturated rings. The predicted molar refractivity (Wildman–Crippen MR) is 66.5 cm³/mol. The van der Waals surface area contributed by atoms with E-state index in [1.807, 2.05) is 7.05 Å². The van der Waals surface area contributed by atoms with E-state index >= 15 is 0 Å². The molecule has 0 aromatic carbocycles. The quantitative estimate of drug-likeness (QED) is 0.819. The van der Waals surface area contributed by atoms with Gasteiger partial charge < -0.3 is 10.6 Å². The van der Waals surface area contributed by atoms with Crippen molar-refractivity contribution in [1.82, 2.24) is 15.1 Å². The van der Waals surface area contributed by atoms with Gasteiger partial charge in [-0.15, -0.1) is 0 Å². The van der Waals surface area contributed by atoms with Crippen LogP contribution in [0.15, 0.2) is 6.20 Å². The Morgan fingerprint density at radius 2 is 2.35 bits per heavy atom. The minimum atomic E-state index is -0.0564. The molecule has 1 aliphatic carbocycles. The minimum absolute atomic E-state index is 0.0564.